The van der Waals surface area contributed by atoms with Crippen molar-refractivity contribution in [2.24, 2.45) is 7.05 Å². The third-order valence-corrected chi connectivity index (χ3v) is 2.90. The highest BCUT2D eigenvalue weighted by Crippen LogP contribution is 2.15. The molecule has 0 fully saturated rings. The molecule has 0 atom stereocenters. The molecule has 0 spiro atoms. The minimum Gasteiger partial charge on any atom is -0.478 e. The van der Waals surface area contributed by atoms with Crippen LogP contribution in [0.3, 0.4) is 0 Å². The van der Waals surface area contributed by atoms with E-state index in [-0.39, 0.29) is 0 Å². The molecule has 0 saturated carbocycles. The Hall–Kier alpha value is -2.11. The van der Waals surface area contributed by atoms with Crippen LogP contribution in [0.15, 0.2) is 12.3 Å². The lowest BCUT2D eigenvalue weighted by molar-refractivity contribution is 0.325. The van der Waals surface area contributed by atoms with Gasteiger partial charge in [-0.15, -0.1) is 0 Å². The lowest BCUT2D eigenvalue weighted by atomic mass is 10.2. The molecule has 0 amide bonds. The Morgan fingerprint density at radius 2 is 2.11 bits per heavy atom. The number of rotatable bonds is 5. The van der Waals surface area contributed by atoms with E-state index in [4.69, 9.17) is 4.74 Å². The van der Waals surface area contributed by atoms with Crippen molar-refractivity contribution >= 4 is 5.82 Å². The summed E-state index contributed by atoms with van der Waals surface area (Å²) in [6.07, 6.45) is 1.86. The molecule has 2 aromatic heterocycles. The van der Waals surface area contributed by atoms with Crippen molar-refractivity contribution in [3.8, 4) is 5.88 Å². The second kappa shape index (κ2) is 5.69. The van der Waals surface area contributed by atoms with Gasteiger partial charge < -0.3 is 10.1 Å². The van der Waals surface area contributed by atoms with Gasteiger partial charge in [0, 0.05) is 30.9 Å². The van der Waals surface area contributed by atoms with Crippen molar-refractivity contribution < 1.29 is 4.74 Å². The smallest absolute Gasteiger partial charge is 0.218 e. The van der Waals surface area contributed by atoms with E-state index in [1.165, 1.54) is 0 Å². The lowest BCUT2D eigenvalue weighted by Crippen LogP contribution is -2.05. The number of hydrogen-bond donors (Lipinski definition) is 1. The summed E-state index contributed by atoms with van der Waals surface area (Å²) in [5, 5.41) is 7.48. The first-order valence-electron chi connectivity index (χ1n) is 6.30. The van der Waals surface area contributed by atoms with E-state index in [0.717, 1.165) is 17.1 Å². The molecule has 0 saturated heterocycles. The van der Waals surface area contributed by atoms with Crippen LogP contribution in [0.1, 0.15) is 24.0 Å². The lowest BCUT2D eigenvalue weighted by Gasteiger charge is -2.08. The second-order valence-corrected chi connectivity index (χ2v) is 4.30. The minimum atomic E-state index is 0.595. The molecular weight excluding hydrogens is 242 g/mol. The van der Waals surface area contributed by atoms with Crippen LogP contribution in [-0.4, -0.2) is 26.4 Å². The molecule has 0 aliphatic heterocycles. The predicted octanol–water partition coefficient (Wildman–Crippen LogP) is 1.84. The van der Waals surface area contributed by atoms with Crippen molar-refractivity contribution in [2.75, 3.05) is 11.9 Å². The molecule has 0 aromatic carbocycles. The Bertz CT molecular complexity index is 564. The fourth-order valence-electron chi connectivity index (χ4n) is 1.76. The molecule has 19 heavy (non-hydrogen) atoms. The van der Waals surface area contributed by atoms with Crippen LogP contribution in [0.4, 0.5) is 5.82 Å². The fourth-order valence-corrected chi connectivity index (χ4v) is 1.76. The largest absolute Gasteiger partial charge is 0.478 e. The standard InChI is InChI=1S/C13H19N5O/c1-5-19-13-6-12(16-10(3)17-13)14-7-11-8-15-18(4)9(11)2/h6,8H,5,7H2,1-4H3,(H,14,16,17). The van der Waals surface area contributed by atoms with Gasteiger partial charge in [-0.1, -0.05) is 0 Å². The number of aryl methyl sites for hydroxylation is 2. The monoisotopic (exact) mass is 261 g/mol. The fraction of sp³-hybridized carbons (Fsp3) is 0.462. The molecule has 2 aromatic rings. The van der Waals surface area contributed by atoms with Gasteiger partial charge in [-0.05, 0) is 20.8 Å². The van der Waals surface area contributed by atoms with Gasteiger partial charge in [0.05, 0.1) is 12.8 Å². The topological polar surface area (TPSA) is 64.9 Å². The average Bonchev–Trinajstić information content (AvgIpc) is 2.67. The maximum absolute atomic E-state index is 5.40. The number of ether oxygens (including phenoxy) is 1. The molecule has 0 unspecified atom stereocenters. The second-order valence-electron chi connectivity index (χ2n) is 4.30. The van der Waals surface area contributed by atoms with Crippen LogP contribution in [0, 0.1) is 13.8 Å². The zero-order valence-electron chi connectivity index (χ0n) is 11.8. The third-order valence-electron chi connectivity index (χ3n) is 2.90. The highest BCUT2D eigenvalue weighted by atomic mass is 16.5. The summed E-state index contributed by atoms with van der Waals surface area (Å²) in [5.74, 6) is 2.05. The summed E-state index contributed by atoms with van der Waals surface area (Å²) in [6.45, 7) is 7.10. The van der Waals surface area contributed by atoms with Gasteiger partial charge in [-0.3, -0.25) is 4.68 Å². The predicted molar refractivity (Wildman–Crippen MR) is 73.2 cm³/mol. The zero-order valence-corrected chi connectivity index (χ0v) is 11.8. The van der Waals surface area contributed by atoms with E-state index < -0.39 is 0 Å². The molecule has 1 N–H and O–H groups in total. The Balaban J connectivity index is 2.08. The number of nitrogens with zero attached hydrogens (tertiary/aromatic N) is 4. The van der Waals surface area contributed by atoms with Gasteiger partial charge in [0.2, 0.25) is 5.88 Å². The molecule has 0 bridgehead atoms. The van der Waals surface area contributed by atoms with Crippen LogP contribution >= 0.6 is 0 Å². The SMILES string of the molecule is CCOc1cc(NCc2cnn(C)c2C)nc(C)n1. The Kier molecular flexibility index (Phi) is 3.99. The first-order valence-corrected chi connectivity index (χ1v) is 6.30. The molecule has 0 aliphatic carbocycles. The minimum absolute atomic E-state index is 0.595. The zero-order chi connectivity index (χ0) is 13.8. The maximum Gasteiger partial charge on any atom is 0.218 e. The van der Waals surface area contributed by atoms with E-state index in [9.17, 15) is 0 Å². The summed E-state index contributed by atoms with van der Waals surface area (Å²) in [5.41, 5.74) is 2.29. The molecule has 102 valence electrons. The molecule has 2 rings (SSSR count). The molecule has 2 heterocycles. The van der Waals surface area contributed by atoms with E-state index in [0.29, 0.717) is 24.9 Å². The van der Waals surface area contributed by atoms with Crippen molar-refractivity contribution in [1.29, 1.82) is 0 Å². The summed E-state index contributed by atoms with van der Waals surface area (Å²) >= 11 is 0. The van der Waals surface area contributed by atoms with E-state index >= 15 is 0 Å². The Morgan fingerprint density at radius 1 is 1.32 bits per heavy atom. The van der Waals surface area contributed by atoms with Crippen LogP contribution in [0.25, 0.3) is 0 Å². The molecule has 0 aliphatic rings. The summed E-state index contributed by atoms with van der Waals surface area (Å²) < 4.78 is 7.25. The summed E-state index contributed by atoms with van der Waals surface area (Å²) in [4.78, 5) is 8.55. The molecule has 6 nitrogen and oxygen atoms in total. The van der Waals surface area contributed by atoms with Crippen LogP contribution in [0.5, 0.6) is 5.88 Å². The number of hydrogen-bond acceptors (Lipinski definition) is 5. The average molecular weight is 261 g/mol. The quantitative estimate of drug-likeness (QED) is 0.889. The van der Waals surface area contributed by atoms with Crippen LogP contribution < -0.4 is 10.1 Å². The van der Waals surface area contributed by atoms with E-state index in [1.54, 1.807) is 0 Å². The van der Waals surface area contributed by atoms with Gasteiger partial charge in [0.15, 0.2) is 0 Å². The van der Waals surface area contributed by atoms with Crippen molar-refractivity contribution in [1.82, 2.24) is 19.7 Å². The van der Waals surface area contributed by atoms with E-state index in [2.05, 4.69) is 20.4 Å². The maximum atomic E-state index is 5.40. The van der Waals surface area contributed by atoms with Crippen LogP contribution in [0.2, 0.25) is 0 Å². The van der Waals surface area contributed by atoms with Gasteiger partial charge >= 0.3 is 0 Å². The van der Waals surface area contributed by atoms with Crippen LogP contribution in [-0.2, 0) is 13.6 Å². The molecule has 0 radical (unpaired) electrons. The highest BCUT2D eigenvalue weighted by molar-refractivity contribution is 5.39. The summed E-state index contributed by atoms with van der Waals surface area (Å²) in [7, 11) is 1.93. The molecule has 6 heteroatoms. The number of anilines is 1. The van der Waals surface area contributed by atoms with Crippen molar-refractivity contribution in [3.63, 3.8) is 0 Å². The molecular formula is C13H19N5O. The van der Waals surface area contributed by atoms with Gasteiger partial charge in [0.1, 0.15) is 11.6 Å². The first-order chi connectivity index (χ1) is 9.10. The van der Waals surface area contributed by atoms with Crippen molar-refractivity contribution in [3.05, 3.63) is 29.3 Å². The Labute approximate surface area is 112 Å². The Morgan fingerprint density at radius 3 is 2.74 bits per heavy atom. The number of aromatic nitrogens is 4. The highest BCUT2D eigenvalue weighted by Gasteiger charge is 2.06. The number of nitrogens with one attached hydrogen (secondary N) is 1. The van der Waals surface area contributed by atoms with Gasteiger partial charge in [-0.25, -0.2) is 4.98 Å². The summed E-state index contributed by atoms with van der Waals surface area (Å²) in [6, 6.07) is 1.81. The van der Waals surface area contributed by atoms with Gasteiger partial charge in [-0.2, -0.15) is 10.1 Å². The van der Waals surface area contributed by atoms with E-state index in [1.807, 2.05) is 44.8 Å². The first kappa shape index (κ1) is 13.3. The van der Waals surface area contributed by atoms with Crippen molar-refractivity contribution in [2.45, 2.75) is 27.3 Å². The third kappa shape index (κ3) is 3.21. The van der Waals surface area contributed by atoms with Gasteiger partial charge in [0.25, 0.3) is 0 Å². The normalized spacial score (nSPS) is 10.5.